The molecule has 3 N–H and O–H groups in total. The van der Waals surface area contributed by atoms with Gasteiger partial charge in [0.1, 0.15) is 12.0 Å². The summed E-state index contributed by atoms with van der Waals surface area (Å²) in [6, 6.07) is 5.14. The number of phenolic OH excluding ortho intramolecular Hbond substituents is 1. The number of carbonyl (C=O) groups excluding carboxylic acids is 1. The van der Waals surface area contributed by atoms with Crippen molar-refractivity contribution in [3.05, 3.63) is 34.2 Å². The van der Waals surface area contributed by atoms with Crippen LogP contribution in [-0.2, 0) is 14.8 Å². The normalized spacial score (nSPS) is 18.3. The molecule has 24 heavy (non-hydrogen) atoms. The van der Waals surface area contributed by atoms with Crippen LogP contribution in [0.15, 0.2) is 23.1 Å². The molecule has 0 aliphatic carbocycles. The van der Waals surface area contributed by atoms with Crippen LogP contribution in [0.1, 0.15) is 31.9 Å². The van der Waals surface area contributed by atoms with Gasteiger partial charge in [-0.3, -0.25) is 9.36 Å². The van der Waals surface area contributed by atoms with Gasteiger partial charge in [0.05, 0.1) is 4.91 Å². The number of hydrogen-bond acceptors (Lipinski definition) is 4. The Labute approximate surface area is 145 Å². The summed E-state index contributed by atoms with van der Waals surface area (Å²) < 4.78 is 11.1. The molecule has 0 unspecified atom stereocenters. The minimum Gasteiger partial charge on any atom is -0.508 e. The molecule has 132 valence electrons. The highest BCUT2D eigenvalue weighted by Gasteiger charge is 2.29. The maximum atomic E-state index is 12.4. The minimum absolute atomic E-state index is 0.204. The van der Waals surface area contributed by atoms with Crippen molar-refractivity contribution in [3.63, 3.8) is 0 Å². The number of carbonyl (C=O) groups is 1. The van der Waals surface area contributed by atoms with E-state index in [-0.39, 0.29) is 17.1 Å². The zero-order chi connectivity index (χ0) is 18.1. The van der Waals surface area contributed by atoms with Crippen LogP contribution in [0.2, 0.25) is 0 Å². The Bertz CT molecular complexity index is 720. The van der Waals surface area contributed by atoms with Crippen LogP contribution in [-0.4, -0.2) is 44.3 Å². The third kappa shape index (κ3) is 4.86. The Kier molecular flexibility index (Phi) is 5.50. The predicted molar refractivity (Wildman–Crippen MR) is 95.9 cm³/mol. The van der Waals surface area contributed by atoms with E-state index in [4.69, 9.17) is 9.79 Å². The largest absolute Gasteiger partial charge is 0.508 e. The molecule has 1 aromatic rings. The fourth-order valence-electron chi connectivity index (χ4n) is 2.44. The van der Waals surface area contributed by atoms with Crippen molar-refractivity contribution in [2.75, 3.05) is 18.6 Å². The lowest BCUT2D eigenvalue weighted by Gasteiger charge is -2.28. The number of benzene rings is 1. The fourth-order valence-corrected chi connectivity index (χ4v) is 4.16. The predicted octanol–water partition coefficient (Wildman–Crippen LogP) is 2.74. The van der Waals surface area contributed by atoms with Gasteiger partial charge in [-0.05, 0) is 34.8 Å². The highest BCUT2D eigenvalue weighted by Crippen LogP contribution is 2.38. The van der Waals surface area contributed by atoms with E-state index in [2.05, 4.69) is 0 Å². The first-order valence-electron chi connectivity index (χ1n) is 7.49. The van der Waals surface area contributed by atoms with Crippen LogP contribution < -0.4 is 0 Å². The number of aromatic hydroxyl groups is 1. The van der Waals surface area contributed by atoms with Crippen LogP contribution in [0.3, 0.4) is 0 Å². The Morgan fingerprint density at radius 1 is 1.33 bits per heavy atom. The Balaban J connectivity index is 2.30. The fraction of sp³-hybridized carbons (Fsp3) is 0.438. The minimum atomic E-state index is -4.28. The quantitative estimate of drug-likeness (QED) is 0.558. The van der Waals surface area contributed by atoms with Gasteiger partial charge in [-0.1, -0.05) is 26.8 Å². The van der Waals surface area contributed by atoms with E-state index in [9.17, 15) is 14.5 Å². The van der Waals surface area contributed by atoms with Gasteiger partial charge in [0.2, 0.25) is 0 Å². The van der Waals surface area contributed by atoms with Crippen LogP contribution in [0.5, 0.6) is 5.75 Å². The second-order valence-corrected chi connectivity index (χ2v) is 9.51. The van der Waals surface area contributed by atoms with Crippen molar-refractivity contribution in [2.45, 2.75) is 26.2 Å². The third-order valence-corrected chi connectivity index (χ3v) is 5.30. The molecule has 1 heterocycles. The maximum absolute atomic E-state index is 12.4. The summed E-state index contributed by atoms with van der Waals surface area (Å²) in [5.41, 5.74) is 1.30. The average molecular weight is 371 g/mol. The lowest BCUT2D eigenvalue weighted by atomic mass is 9.85. The molecule has 0 spiro atoms. The van der Waals surface area contributed by atoms with Crippen molar-refractivity contribution in [1.29, 1.82) is 0 Å². The molecule has 1 aliphatic rings. The van der Waals surface area contributed by atoms with E-state index in [0.29, 0.717) is 17.2 Å². The van der Waals surface area contributed by atoms with Crippen LogP contribution >= 0.6 is 19.4 Å². The second kappa shape index (κ2) is 6.92. The first-order chi connectivity index (χ1) is 11.0. The molecule has 1 aliphatic heterocycles. The maximum Gasteiger partial charge on any atom is 0.344 e. The Morgan fingerprint density at radius 2 is 2.00 bits per heavy atom. The topological polar surface area (TPSA) is 98.1 Å². The zero-order valence-electron chi connectivity index (χ0n) is 13.9. The first-order valence-corrected chi connectivity index (χ1v) is 10.3. The van der Waals surface area contributed by atoms with Crippen molar-refractivity contribution >= 4 is 31.3 Å². The molecule has 1 amide bonds. The molecular formula is C16H22NO5PS. The second-order valence-electron chi connectivity index (χ2n) is 6.76. The van der Waals surface area contributed by atoms with Gasteiger partial charge in [-0.25, -0.2) is 0 Å². The zero-order valence-corrected chi connectivity index (χ0v) is 15.6. The number of thioether (sulfide) groups is 1. The van der Waals surface area contributed by atoms with Crippen LogP contribution in [0.25, 0.3) is 6.08 Å². The van der Waals surface area contributed by atoms with Gasteiger partial charge in [-0.15, -0.1) is 11.8 Å². The van der Waals surface area contributed by atoms with Crippen molar-refractivity contribution in [2.24, 2.45) is 0 Å². The smallest absolute Gasteiger partial charge is 0.344 e. The van der Waals surface area contributed by atoms with Gasteiger partial charge in [0.25, 0.3) is 5.91 Å². The van der Waals surface area contributed by atoms with Gasteiger partial charge in [-0.2, -0.15) is 0 Å². The standard InChI is InChI=1S/C16H22NO5PS/c1-16(2,3)12-8-11(4-5-13(12)18)9-14-15(19)17(6-7-24-14)10-23(20,21)22/h4-5,8-9,18H,6-7,10H2,1-3H3,(H2,20,21,22). The summed E-state index contributed by atoms with van der Waals surface area (Å²) in [6.07, 6.45) is 1.14. The molecule has 0 saturated carbocycles. The molecule has 8 heteroatoms. The first kappa shape index (κ1) is 19.1. The molecule has 0 aromatic heterocycles. The van der Waals surface area contributed by atoms with Gasteiger partial charge in [0.15, 0.2) is 0 Å². The van der Waals surface area contributed by atoms with E-state index in [1.165, 1.54) is 16.7 Å². The van der Waals surface area contributed by atoms with Crippen LogP contribution in [0.4, 0.5) is 0 Å². The van der Waals surface area contributed by atoms with Crippen molar-refractivity contribution < 1.29 is 24.3 Å². The van der Waals surface area contributed by atoms with E-state index >= 15 is 0 Å². The van der Waals surface area contributed by atoms with Gasteiger partial charge >= 0.3 is 7.60 Å². The number of phenols is 1. The number of rotatable bonds is 3. The molecule has 1 fully saturated rings. The molecule has 1 saturated heterocycles. The number of nitrogens with zero attached hydrogens (tertiary/aromatic N) is 1. The number of amides is 1. The highest BCUT2D eigenvalue weighted by molar-refractivity contribution is 8.04. The Hall–Kier alpha value is -1.27. The molecule has 6 nitrogen and oxygen atoms in total. The molecule has 0 atom stereocenters. The molecule has 0 radical (unpaired) electrons. The van der Waals surface area contributed by atoms with Gasteiger partial charge in [0, 0.05) is 12.3 Å². The van der Waals surface area contributed by atoms with E-state index in [0.717, 1.165) is 11.1 Å². The molecular weight excluding hydrogens is 349 g/mol. The summed E-state index contributed by atoms with van der Waals surface area (Å²) in [6.45, 7) is 6.28. The average Bonchev–Trinajstić information content (AvgIpc) is 2.42. The monoisotopic (exact) mass is 371 g/mol. The molecule has 1 aromatic carbocycles. The van der Waals surface area contributed by atoms with E-state index in [1.807, 2.05) is 26.8 Å². The number of hydrogen-bond donors (Lipinski definition) is 3. The Morgan fingerprint density at radius 3 is 2.58 bits per heavy atom. The van der Waals surface area contributed by atoms with Crippen LogP contribution in [0, 0.1) is 0 Å². The SMILES string of the molecule is CC(C)(C)c1cc(C=C2SCCN(CP(=O)(O)O)C2=O)ccc1O. The van der Waals surface area contributed by atoms with Gasteiger partial charge < -0.3 is 19.8 Å². The molecule has 0 bridgehead atoms. The van der Waals surface area contributed by atoms with Crippen molar-refractivity contribution in [1.82, 2.24) is 4.90 Å². The summed E-state index contributed by atoms with van der Waals surface area (Å²) in [5.74, 6) is 0.414. The summed E-state index contributed by atoms with van der Waals surface area (Å²) in [7, 11) is -4.28. The van der Waals surface area contributed by atoms with E-state index < -0.39 is 13.9 Å². The lowest BCUT2D eigenvalue weighted by Crippen LogP contribution is -2.37. The third-order valence-electron chi connectivity index (χ3n) is 3.60. The lowest BCUT2D eigenvalue weighted by molar-refractivity contribution is -0.125. The highest BCUT2D eigenvalue weighted by atomic mass is 32.2. The molecule has 2 rings (SSSR count). The summed E-state index contributed by atoms with van der Waals surface area (Å²) in [4.78, 5) is 32.2. The van der Waals surface area contributed by atoms with Crippen molar-refractivity contribution in [3.8, 4) is 5.75 Å². The summed E-state index contributed by atoms with van der Waals surface area (Å²) >= 11 is 1.37. The summed E-state index contributed by atoms with van der Waals surface area (Å²) in [5, 5.41) is 10.0. The van der Waals surface area contributed by atoms with E-state index in [1.54, 1.807) is 18.2 Å².